The lowest BCUT2D eigenvalue weighted by molar-refractivity contribution is 0.587. The summed E-state index contributed by atoms with van der Waals surface area (Å²) in [4.78, 5) is 4.62. The smallest absolute Gasteiger partial charge is 0.215 e. The fourth-order valence-corrected chi connectivity index (χ4v) is 4.60. The first kappa shape index (κ1) is 23.5. The largest absolute Gasteiger partial charge is 0.357 e. The van der Waals surface area contributed by atoms with Gasteiger partial charge in [-0.1, -0.05) is 24.3 Å². The van der Waals surface area contributed by atoms with Crippen molar-refractivity contribution in [3.05, 3.63) is 35.4 Å². The molecule has 0 amide bonds. The van der Waals surface area contributed by atoms with E-state index in [1.54, 1.807) is 0 Å². The normalized spacial score (nSPS) is 17.6. The monoisotopic (exact) mass is 512 g/mol. The molecule has 0 saturated carbocycles. The van der Waals surface area contributed by atoms with Crippen LogP contribution in [0.2, 0.25) is 0 Å². The fourth-order valence-electron chi connectivity index (χ4n) is 2.64. The number of nitrogens with one attached hydrogen (secondary N) is 3. The van der Waals surface area contributed by atoms with Crippen LogP contribution in [0.1, 0.15) is 30.9 Å². The van der Waals surface area contributed by atoms with Gasteiger partial charge in [0.05, 0.1) is 12.3 Å². The highest BCUT2D eigenvalue weighted by Crippen LogP contribution is 2.25. The van der Waals surface area contributed by atoms with Crippen molar-refractivity contribution in [1.82, 2.24) is 15.4 Å². The topological polar surface area (TPSA) is 82.6 Å². The van der Waals surface area contributed by atoms with E-state index in [1.807, 2.05) is 43.0 Å². The molecule has 0 aromatic heterocycles. The van der Waals surface area contributed by atoms with E-state index < -0.39 is 10.0 Å². The molecule has 6 nitrogen and oxygen atoms in total. The van der Waals surface area contributed by atoms with Gasteiger partial charge >= 0.3 is 0 Å². The highest BCUT2D eigenvalue weighted by atomic mass is 127. The number of sulfonamides is 1. The fraction of sp³-hybridized carbons (Fsp3) is 0.588. The maximum atomic E-state index is 11.7. The summed E-state index contributed by atoms with van der Waals surface area (Å²) in [6.07, 6.45) is 2.56. The third-order valence-electron chi connectivity index (χ3n) is 3.94. The molecule has 1 fully saturated rings. The zero-order valence-electron chi connectivity index (χ0n) is 15.3. The van der Waals surface area contributed by atoms with Crippen LogP contribution in [0.25, 0.3) is 0 Å². The number of guanidine groups is 1. The maximum Gasteiger partial charge on any atom is 0.215 e. The molecule has 0 bridgehead atoms. The molecule has 3 N–H and O–H groups in total. The van der Waals surface area contributed by atoms with Gasteiger partial charge in [-0.2, -0.15) is 11.8 Å². The van der Waals surface area contributed by atoms with E-state index in [0.717, 1.165) is 30.2 Å². The van der Waals surface area contributed by atoms with Gasteiger partial charge in [0.15, 0.2) is 5.96 Å². The van der Waals surface area contributed by atoms with E-state index in [9.17, 15) is 8.42 Å². The summed E-state index contributed by atoms with van der Waals surface area (Å²) in [6.45, 7) is 4.30. The van der Waals surface area contributed by atoms with Crippen LogP contribution < -0.4 is 15.4 Å². The van der Waals surface area contributed by atoms with Gasteiger partial charge in [0.25, 0.3) is 0 Å². The molecule has 26 heavy (non-hydrogen) atoms. The Bertz CT molecular complexity index is 677. The lowest BCUT2D eigenvalue weighted by Gasteiger charge is -2.14. The lowest BCUT2D eigenvalue weighted by atomic mass is 10.1. The predicted molar refractivity (Wildman–Crippen MR) is 122 cm³/mol. The highest BCUT2D eigenvalue weighted by Gasteiger charge is 2.15. The standard InChI is InChI=1S/C17H28N4O2S2.HI/c1-3-19-17(21-12-16-8-5-9-24-16)20-11-14-6-4-7-15(10-14)13-25(22,23)18-2;/h4,6-7,10,16,18H,3,5,8-9,11-13H2,1-2H3,(H2,19,20,21);1H. The molecule has 1 aliphatic heterocycles. The Morgan fingerprint density at radius 1 is 1.31 bits per heavy atom. The molecule has 1 atom stereocenters. The van der Waals surface area contributed by atoms with Crippen LogP contribution in [0.4, 0.5) is 0 Å². The lowest BCUT2D eigenvalue weighted by Crippen LogP contribution is -2.40. The summed E-state index contributed by atoms with van der Waals surface area (Å²) in [7, 11) is -1.83. The van der Waals surface area contributed by atoms with Crippen molar-refractivity contribution in [1.29, 1.82) is 0 Å². The van der Waals surface area contributed by atoms with Gasteiger partial charge in [0.2, 0.25) is 10.0 Å². The minimum Gasteiger partial charge on any atom is -0.357 e. The summed E-state index contributed by atoms with van der Waals surface area (Å²) in [5.41, 5.74) is 1.76. The number of benzene rings is 1. The number of hydrogen-bond donors (Lipinski definition) is 3. The second-order valence-electron chi connectivity index (χ2n) is 5.99. The van der Waals surface area contributed by atoms with Crippen LogP contribution in [0.15, 0.2) is 29.3 Å². The van der Waals surface area contributed by atoms with Crippen molar-refractivity contribution in [2.75, 3.05) is 25.9 Å². The van der Waals surface area contributed by atoms with E-state index in [4.69, 9.17) is 0 Å². The van der Waals surface area contributed by atoms with Gasteiger partial charge in [0, 0.05) is 18.3 Å². The van der Waals surface area contributed by atoms with Crippen molar-refractivity contribution < 1.29 is 8.42 Å². The van der Waals surface area contributed by atoms with E-state index in [2.05, 4.69) is 20.3 Å². The number of hydrogen-bond acceptors (Lipinski definition) is 4. The first-order valence-electron chi connectivity index (χ1n) is 8.65. The Morgan fingerprint density at radius 2 is 2.08 bits per heavy atom. The molecule has 1 aromatic carbocycles. The van der Waals surface area contributed by atoms with Crippen LogP contribution in [-0.4, -0.2) is 45.5 Å². The van der Waals surface area contributed by atoms with Gasteiger partial charge in [-0.15, -0.1) is 24.0 Å². The molecule has 1 saturated heterocycles. The number of rotatable bonds is 8. The summed E-state index contributed by atoms with van der Waals surface area (Å²) in [5, 5.41) is 7.34. The van der Waals surface area contributed by atoms with Crippen LogP contribution in [0.5, 0.6) is 0 Å². The van der Waals surface area contributed by atoms with E-state index in [-0.39, 0.29) is 29.7 Å². The molecular weight excluding hydrogens is 483 g/mol. The van der Waals surface area contributed by atoms with Crippen molar-refractivity contribution in [2.45, 2.75) is 37.3 Å². The Kier molecular flexibility index (Phi) is 10.9. The first-order valence-corrected chi connectivity index (χ1v) is 11.4. The maximum absolute atomic E-state index is 11.7. The highest BCUT2D eigenvalue weighted by molar-refractivity contribution is 14.0. The minimum absolute atomic E-state index is 0. The first-order chi connectivity index (χ1) is 12.0. The van der Waals surface area contributed by atoms with Gasteiger partial charge in [-0.05, 0) is 43.7 Å². The Labute approximate surface area is 178 Å². The van der Waals surface area contributed by atoms with Crippen molar-refractivity contribution in [3.63, 3.8) is 0 Å². The average Bonchev–Trinajstić information content (AvgIpc) is 3.11. The molecular formula is C17H29IN4O2S2. The second-order valence-corrected chi connectivity index (χ2v) is 9.33. The number of thioether (sulfide) groups is 1. The predicted octanol–water partition coefficient (Wildman–Crippen LogP) is 2.30. The SMILES string of the molecule is CCNC(=NCc1cccc(CS(=O)(=O)NC)c1)NCC1CCCS1.I. The molecule has 1 heterocycles. The van der Waals surface area contributed by atoms with E-state index in [0.29, 0.717) is 11.8 Å². The number of halogens is 1. The molecule has 0 aliphatic carbocycles. The average molecular weight is 512 g/mol. The quantitative estimate of drug-likeness (QED) is 0.283. The van der Waals surface area contributed by atoms with Crippen LogP contribution in [-0.2, 0) is 22.3 Å². The number of aliphatic imine (C=N–C) groups is 1. The third-order valence-corrected chi connectivity index (χ3v) is 6.68. The van der Waals surface area contributed by atoms with Gasteiger partial charge in [-0.3, -0.25) is 0 Å². The van der Waals surface area contributed by atoms with Gasteiger partial charge < -0.3 is 10.6 Å². The van der Waals surface area contributed by atoms with E-state index >= 15 is 0 Å². The summed E-state index contributed by atoms with van der Waals surface area (Å²) >= 11 is 2.02. The third kappa shape index (κ3) is 8.45. The Balaban J connectivity index is 0.00000338. The molecule has 1 unspecified atom stereocenters. The Hall–Kier alpha value is -0.520. The zero-order valence-corrected chi connectivity index (χ0v) is 19.3. The minimum atomic E-state index is -3.26. The number of nitrogens with zero attached hydrogens (tertiary/aromatic N) is 1. The van der Waals surface area contributed by atoms with Crippen LogP contribution in [0.3, 0.4) is 0 Å². The summed E-state index contributed by atoms with van der Waals surface area (Å²) in [6, 6.07) is 7.56. The second kappa shape index (κ2) is 12.0. The van der Waals surface area contributed by atoms with Crippen molar-refractivity contribution >= 4 is 51.7 Å². The molecule has 1 aliphatic rings. The van der Waals surface area contributed by atoms with Gasteiger partial charge in [0.1, 0.15) is 0 Å². The Morgan fingerprint density at radius 3 is 2.73 bits per heavy atom. The zero-order chi connectivity index (χ0) is 18.1. The summed E-state index contributed by atoms with van der Waals surface area (Å²) in [5.74, 6) is 2.05. The molecule has 148 valence electrons. The van der Waals surface area contributed by atoms with Crippen molar-refractivity contribution in [2.24, 2.45) is 4.99 Å². The van der Waals surface area contributed by atoms with Crippen LogP contribution in [0, 0.1) is 0 Å². The molecule has 0 radical (unpaired) electrons. The van der Waals surface area contributed by atoms with Gasteiger partial charge in [-0.25, -0.2) is 18.1 Å². The molecule has 9 heteroatoms. The van der Waals surface area contributed by atoms with Crippen molar-refractivity contribution in [3.8, 4) is 0 Å². The molecule has 1 aromatic rings. The summed E-state index contributed by atoms with van der Waals surface area (Å²) < 4.78 is 25.7. The molecule has 0 spiro atoms. The van der Waals surface area contributed by atoms with E-state index in [1.165, 1.54) is 25.6 Å². The van der Waals surface area contributed by atoms with Crippen LogP contribution >= 0.6 is 35.7 Å². The molecule has 2 rings (SSSR count).